The van der Waals surface area contributed by atoms with Gasteiger partial charge in [0.05, 0.1) is 13.3 Å². The fraction of sp³-hybridized carbons (Fsp3) is 0.500. The van der Waals surface area contributed by atoms with Crippen molar-refractivity contribution in [2.24, 2.45) is 5.92 Å². The normalized spacial score (nSPS) is 18.1. The summed E-state index contributed by atoms with van der Waals surface area (Å²) in [5.41, 5.74) is 1.01. The summed E-state index contributed by atoms with van der Waals surface area (Å²) in [6, 6.07) is 8.34. The van der Waals surface area contributed by atoms with Crippen LogP contribution in [0.2, 0.25) is 0 Å². The van der Waals surface area contributed by atoms with Crippen LogP contribution in [0.4, 0.5) is 0 Å². The summed E-state index contributed by atoms with van der Waals surface area (Å²) in [5.74, 6) is 1.84. The molecule has 26 heavy (non-hydrogen) atoms. The molecule has 0 spiro atoms. The minimum atomic E-state index is 0.114. The number of carbonyl (C=O) groups excluding carboxylic acids is 1. The summed E-state index contributed by atoms with van der Waals surface area (Å²) in [7, 11) is 1.65. The van der Waals surface area contributed by atoms with Crippen molar-refractivity contribution >= 4 is 17.2 Å². The van der Waals surface area contributed by atoms with Gasteiger partial charge in [0.2, 0.25) is 0 Å². The zero-order chi connectivity index (χ0) is 17.9. The van der Waals surface area contributed by atoms with Crippen LogP contribution in [0.3, 0.4) is 0 Å². The van der Waals surface area contributed by atoms with E-state index in [0.717, 1.165) is 59.6 Å². The molecule has 1 aliphatic carbocycles. The predicted octanol–water partition coefficient (Wildman–Crippen LogP) is 3.42. The highest BCUT2D eigenvalue weighted by atomic mass is 32.1. The highest BCUT2D eigenvalue weighted by molar-refractivity contribution is 7.16. The number of carbonyl (C=O) groups is 1. The summed E-state index contributed by atoms with van der Waals surface area (Å²) in [6.07, 6.45) is 6.56. The van der Waals surface area contributed by atoms with E-state index in [1.54, 1.807) is 13.3 Å². The molecule has 6 heteroatoms. The number of hydrogen-bond donors (Lipinski definition) is 1. The van der Waals surface area contributed by atoms with Crippen LogP contribution in [0.5, 0.6) is 5.75 Å². The number of aromatic nitrogens is 1. The van der Waals surface area contributed by atoms with Gasteiger partial charge in [-0.05, 0) is 62.4 Å². The molecule has 1 N–H and O–H groups in total. The van der Waals surface area contributed by atoms with Gasteiger partial charge in [-0.1, -0.05) is 0 Å². The maximum atomic E-state index is 12.8. The summed E-state index contributed by atoms with van der Waals surface area (Å²) >= 11 is 1.47. The molecule has 5 nitrogen and oxygen atoms in total. The van der Waals surface area contributed by atoms with Gasteiger partial charge >= 0.3 is 0 Å². The van der Waals surface area contributed by atoms with Crippen LogP contribution in [0.15, 0.2) is 30.5 Å². The van der Waals surface area contributed by atoms with E-state index < -0.39 is 0 Å². The summed E-state index contributed by atoms with van der Waals surface area (Å²) in [4.78, 5) is 19.9. The molecule has 0 unspecified atom stereocenters. The molecule has 1 saturated carbocycles. The molecule has 1 aliphatic heterocycles. The fourth-order valence-electron chi connectivity index (χ4n) is 3.34. The van der Waals surface area contributed by atoms with Crippen molar-refractivity contribution in [3.63, 3.8) is 0 Å². The van der Waals surface area contributed by atoms with Gasteiger partial charge in [0, 0.05) is 24.7 Å². The molecule has 138 valence electrons. The smallest absolute Gasteiger partial charge is 0.265 e. The number of nitrogens with one attached hydrogen (secondary N) is 1. The largest absolute Gasteiger partial charge is 0.497 e. The standard InChI is InChI=1S/C20H25N3O2S/c1-25-17-6-4-15(5-7-17)19-22-13-18(26-19)20(24)23-10-8-16(9-11-23)21-12-14-2-3-14/h4-7,13-14,16,21H,2-3,8-12H2,1H3. The summed E-state index contributed by atoms with van der Waals surface area (Å²) < 4.78 is 5.19. The first kappa shape index (κ1) is 17.5. The van der Waals surface area contributed by atoms with E-state index in [1.807, 2.05) is 29.2 Å². The van der Waals surface area contributed by atoms with E-state index in [2.05, 4.69) is 10.3 Å². The highest BCUT2D eigenvalue weighted by Gasteiger charge is 2.27. The van der Waals surface area contributed by atoms with Crippen molar-refractivity contribution in [1.82, 2.24) is 15.2 Å². The molecule has 0 radical (unpaired) electrons. The lowest BCUT2D eigenvalue weighted by Gasteiger charge is -2.32. The van der Waals surface area contributed by atoms with Gasteiger partial charge in [-0.3, -0.25) is 4.79 Å². The Morgan fingerprint density at radius 2 is 1.96 bits per heavy atom. The Labute approximate surface area is 158 Å². The van der Waals surface area contributed by atoms with Crippen molar-refractivity contribution in [3.05, 3.63) is 35.3 Å². The maximum Gasteiger partial charge on any atom is 0.265 e. The Kier molecular flexibility index (Phi) is 5.22. The molecule has 1 aromatic carbocycles. The number of nitrogens with zero attached hydrogens (tertiary/aromatic N) is 2. The molecule has 2 fully saturated rings. The van der Waals surface area contributed by atoms with Crippen LogP contribution in [0.1, 0.15) is 35.4 Å². The highest BCUT2D eigenvalue weighted by Crippen LogP contribution is 2.29. The van der Waals surface area contributed by atoms with Gasteiger partial charge in [0.25, 0.3) is 5.91 Å². The van der Waals surface area contributed by atoms with E-state index in [9.17, 15) is 4.79 Å². The van der Waals surface area contributed by atoms with Crippen molar-refractivity contribution in [3.8, 4) is 16.3 Å². The second-order valence-corrected chi connectivity index (χ2v) is 8.21. The van der Waals surface area contributed by atoms with Gasteiger partial charge in [-0.2, -0.15) is 0 Å². The fourth-order valence-corrected chi connectivity index (χ4v) is 4.23. The van der Waals surface area contributed by atoms with Gasteiger partial charge in [-0.15, -0.1) is 11.3 Å². The Balaban J connectivity index is 1.34. The Bertz CT molecular complexity index is 747. The lowest BCUT2D eigenvalue weighted by Crippen LogP contribution is -2.45. The second-order valence-electron chi connectivity index (χ2n) is 7.18. The van der Waals surface area contributed by atoms with E-state index >= 15 is 0 Å². The third-order valence-corrected chi connectivity index (χ3v) is 6.26. The lowest BCUT2D eigenvalue weighted by molar-refractivity contribution is 0.0709. The first-order chi connectivity index (χ1) is 12.7. The molecule has 1 amide bonds. The average molecular weight is 372 g/mol. The van der Waals surface area contributed by atoms with Gasteiger partial charge in [0.15, 0.2) is 0 Å². The lowest BCUT2D eigenvalue weighted by atomic mass is 10.0. The van der Waals surface area contributed by atoms with Crippen LogP contribution in [0.25, 0.3) is 10.6 Å². The number of benzene rings is 1. The molecule has 0 bridgehead atoms. The minimum absolute atomic E-state index is 0.114. The number of piperidine rings is 1. The van der Waals surface area contributed by atoms with E-state index in [1.165, 1.54) is 24.2 Å². The van der Waals surface area contributed by atoms with Crippen molar-refractivity contribution in [2.75, 3.05) is 26.7 Å². The third-order valence-electron chi connectivity index (χ3n) is 5.23. The van der Waals surface area contributed by atoms with Crippen molar-refractivity contribution < 1.29 is 9.53 Å². The van der Waals surface area contributed by atoms with E-state index in [-0.39, 0.29) is 5.91 Å². The topological polar surface area (TPSA) is 54.5 Å². The maximum absolute atomic E-state index is 12.8. The molecule has 1 saturated heterocycles. The number of hydrogen-bond acceptors (Lipinski definition) is 5. The van der Waals surface area contributed by atoms with Crippen LogP contribution in [-0.4, -0.2) is 48.6 Å². The molecule has 2 aromatic rings. The molecular formula is C20H25N3O2S. The number of thiazole rings is 1. The van der Waals surface area contributed by atoms with Crippen LogP contribution >= 0.6 is 11.3 Å². The van der Waals surface area contributed by atoms with Crippen LogP contribution < -0.4 is 10.1 Å². The van der Waals surface area contributed by atoms with E-state index in [0.29, 0.717) is 6.04 Å². The Hall–Kier alpha value is -1.92. The van der Waals surface area contributed by atoms with Crippen LogP contribution in [-0.2, 0) is 0 Å². The molecule has 0 atom stereocenters. The third kappa shape index (κ3) is 4.07. The molecule has 2 heterocycles. The summed E-state index contributed by atoms with van der Waals surface area (Å²) in [6.45, 7) is 2.81. The first-order valence-electron chi connectivity index (χ1n) is 9.36. The average Bonchev–Trinajstić information content (AvgIpc) is 3.40. The zero-order valence-corrected chi connectivity index (χ0v) is 15.9. The van der Waals surface area contributed by atoms with Gasteiger partial charge < -0.3 is 15.0 Å². The number of ether oxygens (including phenoxy) is 1. The number of likely N-dealkylation sites (tertiary alicyclic amines) is 1. The molecule has 2 aliphatic rings. The quantitative estimate of drug-likeness (QED) is 0.845. The molecule has 1 aromatic heterocycles. The Morgan fingerprint density at radius 1 is 1.23 bits per heavy atom. The zero-order valence-electron chi connectivity index (χ0n) is 15.1. The van der Waals surface area contributed by atoms with Crippen LogP contribution in [0, 0.1) is 5.92 Å². The minimum Gasteiger partial charge on any atom is -0.497 e. The predicted molar refractivity (Wildman–Crippen MR) is 104 cm³/mol. The summed E-state index contributed by atoms with van der Waals surface area (Å²) in [5, 5.41) is 4.53. The van der Waals surface area contributed by atoms with Crippen molar-refractivity contribution in [2.45, 2.75) is 31.7 Å². The first-order valence-corrected chi connectivity index (χ1v) is 10.2. The molecular weight excluding hydrogens is 346 g/mol. The van der Waals surface area contributed by atoms with E-state index in [4.69, 9.17) is 4.74 Å². The number of amides is 1. The van der Waals surface area contributed by atoms with Gasteiger partial charge in [-0.25, -0.2) is 4.98 Å². The molecule has 4 rings (SSSR count). The van der Waals surface area contributed by atoms with Crippen molar-refractivity contribution in [1.29, 1.82) is 0 Å². The number of rotatable bonds is 6. The Morgan fingerprint density at radius 3 is 2.62 bits per heavy atom. The second kappa shape index (κ2) is 7.76. The SMILES string of the molecule is COc1ccc(-c2ncc(C(=O)N3CCC(NCC4CC4)CC3)s2)cc1. The monoisotopic (exact) mass is 371 g/mol. The number of methoxy groups -OCH3 is 1. The van der Waals surface area contributed by atoms with Gasteiger partial charge in [0.1, 0.15) is 15.6 Å².